The molecule has 0 unspecified atom stereocenters. The zero-order valence-electron chi connectivity index (χ0n) is 13.6. The highest BCUT2D eigenvalue weighted by atomic mass is 16.2. The molecule has 25 heavy (non-hydrogen) atoms. The highest BCUT2D eigenvalue weighted by Crippen LogP contribution is 2.00. The summed E-state index contributed by atoms with van der Waals surface area (Å²) in [5, 5.41) is 12.9. The van der Waals surface area contributed by atoms with Gasteiger partial charge in [-0.05, 0) is 18.1 Å². The Hall–Kier alpha value is -3.48. The summed E-state index contributed by atoms with van der Waals surface area (Å²) >= 11 is 0. The van der Waals surface area contributed by atoms with Crippen molar-refractivity contribution < 1.29 is 4.79 Å². The first-order chi connectivity index (χ1) is 12.1. The number of aryl methyl sites for hydroxylation is 1. The molecule has 0 bridgehead atoms. The van der Waals surface area contributed by atoms with Gasteiger partial charge in [0.05, 0.1) is 6.21 Å². The van der Waals surface area contributed by atoms with Crippen molar-refractivity contribution in [2.45, 2.75) is 13.5 Å². The fourth-order valence-corrected chi connectivity index (χ4v) is 2.16. The van der Waals surface area contributed by atoms with Gasteiger partial charge in [0.1, 0.15) is 0 Å². The van der Waals surface area contributed by atoms with Crippen molar-refractivity contribution in [2.75, 3.05) is 0 Å². The first-order valence-corrected chi connectivity index (χ1v) is 7.74. The zero-order valence-corrected chi connectivity index (χ0v) is 13.6. The van der Waals surface area contributed by atoms with Crippen molar-refractivity contribution in [3.8, 4) is 0 Å². The third-order valence-corrected chi connectivity index (χ3v) is 3.56. The summed E-state index contributed by atoms with van der Waals surface area (Å²) in [6.45, 7) is 2.30. The molecule has 1 heterocycles. The van der Waals surface area contributed by atoms with Gasteiger partial charge in [0.15, 0.2) is 0 Å². The summed E-state index contributed by atoms with van der Waals surface area (Å²) in [5.74, 6) is -0.547. The molecule has 7 nitrogen and oxygen atoms in total. The highest BCUT2D eigenvalue weighted by Gasteiger charge is 2.16. The molecule has 0 aliphatic heterocycles. The summed E-state index contributed by atoms with van der Waals surface area (Å²) in [5.41, 5.74) is 2.07. The molecule has 0 fully saturated rings. The predicted molar refractivity (Wildman–Crippen MR) is 94.6 cm³/mol. The number of carbonyl (C=O) groups excluding carboxylic acids is 1. The Morgan fingerprint density at radius 2 is 1.92 bits per heavy atom. The van der Waals surface area contributed by atoms with Gasteiger partial charge in [-0.2, -0.15) is 10.3 Å². The summed E-state index contributed by atoms with van der Waals surface area (Å²) in [6, 6.07) is 17.1. The predicted octanol–water partition coefficient (Wildman–Crippen LogP) is 1.69. The van der Waals surface area contributed by atoms with Crippen molar-refractivity contribution in [1.29, 1.82) is 0 Å². The topological polar surface area (TPSA) is 92.1 Å². The molecule has 3 rings (SSSR count). The van der Waals surface area contributed by atoms with Gasteiger partial charge in [0, 0.05) is 6.54 Å². The molecule has 0 spiro atoms. The number of carbonyl (C=O) groups is 1. The minimum absolute atomic E-state index is 0.225. The van der Waals surface area contributed by atoms with E-state index in [1.165, 1.54) is 6.21 Å². The van der Waals surface area contributed by atoms with Gasteiger partial charge in [-0.1, -0.05) is 60.2 Å². The second kappa shape index (κ2) is 7.39. The van der Waals surface area contributed by atoms with Gasteiger partial charge < -0.3 is 5.32 Å². The molecule has 3 aromatic rings. The lowest BCUT2D eigenvalue weighted by Crippen LogP contribution is -2.29. The van der Waals surface area contributed by atoms with E-state index in [9.17, 15) is 9.59 Å². The number of benzene rings is 2. The van der Waals surface area contributed by atoms with Crippen molar-refractivity contribution >= 4 is 12.1 Å². The van der Waals surface area contributed by atoms with Crippen LogP contribution in [0.15, 0.2) is 64.5 Å². The van der Waals surface area contributed by atoms with Crippen LogP contribution in [0.4, 0.5) is 0 Å². The van der Waals surface area contributed by atoms with Crippen LogP contribution in [0, 0.1) is 6.92 Å². The van der Waals surface area contributed by atoms with E-state index in [0.29, 0.717) is 6.54 Å². The Kier molecular flexibility index (Phi) is 4.84. The maximum absolute atomic E-state index is 12.2. The number of aromatic amines is 1. The van der Waals surface area contributed by atoms with Crippen LogP contribution in [0.1, 0.15) is 27.2 Å². The van der Waals surface area contributed by atoms with Gasteiger partial charge in [0.2, 0.25) is 5.69 Å². The molecule has 0 aliphatic carbocycles. The summed E-state index contributed by atoms with van der Waals surface area (Å²) in [6.07, 6.45) is 1.52. The Balaban J connectivity index is 1.69. The summed E-state index contributed by atoms with van der Waals surface area (Å²) in [4.78, 5) is 25.2. The van der Waals surface area contributed by atoms with E-state index in [0.717, 1.165) is 21.5 Å². The van der Waals surface area contributed by atoms with Crippen LogP contribution < -0.4 is 10.9 Å². The van der Waals surface area contributed by atoms with Crippen LogP contribution in [0.25, 0.3) is 0 Å². The number of hydrogen-bond acceptors (Lipinski definition) is 4. The Labute approximate surface area is 144 Å². The molecule has 1 amide bonds. The van der Waals surface area contributed by atoms with E-state index in [4.69, 9.17) is 0 Å². The molecule has 2 N–H and O–H groups in total. The number of H-pyrrole nitrogens is 1. The average molecular weight is 335 g/mol. The molecule has 0 aliphatic rings. The van der Waals surface area contributed by atoms with E-state index < -0.39 is 11.5 Å². The van der Waals surface area contributed by atoms with Crippen LogP contribution in [0.2, 0.25) is 0 Å². The highest BCUT2D eigenvalue weighted by molar-refractivity contribution is 5.91. The normalized spacial score (nSPS) is 10.9. The maximum atomic E-state index is 12.2. The standard InChI is InChI=1S/C18H17N5O2/c1-13-7-9-15(10-8-13)12-20-23-18(25)16(21-22-23)17(24)19-11-14-5-3-2-4-6-14/h2-10,12,22H,11H2,1H3,(H,19,24)/b20-12+. The number of amides is 1. The van der Waals surface area contributed by atoms with Gasteiger partial charge in [0.25, 0.3) is 5.91 Å². The van der Waals surface area contributed by atoms with E-state index >= 15 is 0 Å². The van der Waals surface area contributed by atoms with Gasteiger partial charge in [-0.25, -0.2) is 0 Å². The first-order valence-electron chi connectivity index (χ1n) is 7.74. The number of rotatable bonds is 5. The van der Waals surface area contributed by atoms with Crippen LogP contribution in [0.5, 0.6) is 0 Å². The molecule has 126 valence electrons. The van der Waals surface area contributed by atoms with Crippen molar-refractivity contribution in [1.82, 2.24) is 20.4 Å². The van der Waals surface area contributed by atoms with E-state index in [-0.39, 0.29) is 5.69 Å². The molecule has 0 atom stereocenters. The van der Waals surface area contributed by atoms with Crippen LogP contribution in [-0.2, 0) is 6.54 Å². The van der Waals surface area contributed by atoms with Crippen LogP contribution >= 0.6 is 0 Å². The monoisotopic (exact) mass is 335 g/mol. The van der Waals surface area contributed by atoms with Gasteiger partial charge in [-0.3, -0.25) is 9.59 Å². The second-order valence-electron chi connectivity index (χ2n) is 5.50. The SMILES string of the molecule is Cc1ccc(/C=N/n2[nH]nc(C(=O)NCc3ccccc3)c2=O)cc1. The quantitative estimate of drug-likeness (QED) is 0.695. The van der Waals surface area contributed by atoms with E-state index in [1.54, 1.807) is 0 Å². The lowest BCUT2D eigenvalue weighted by atomic mass is 10.2. The lowest BCUT2D eigenvalue weighted by molar-refractivity contribution is 0.0944. The summed E-state index contributed by atoms with van der Waals surface area (Å²) < 4.78 is 0. The van der Waals surface area contributed by atoms with Gasteiger partial charge >= 0.3 is 5.56 Å². The van der Waals surface area contributed by atoms with E-state index in [2.05, 4.69) is 20.7 Å². The molecule has 7 heteroatoms. The molecule has 2 aromatic carbocycles. The Bertz CT molecular complexity index is 940. The first kappa shape index (κ1) is 16.4. The minimum Gasteiger partial charge on any atom is -0.346 e. The number of nitrogens with zero attached hydrogens (tertiary/aromatic N) is 3. The Morgan fingerprint density at radius 3 is 2.64 bits per heavy atom. The molecule has 0 radical (unpaired) electrons. The summed E-state index contributed by atoms with van der Waals surface area (Å²) in [7, 11) is 0. The van der Waals surface area contributed by atoms with Crippen molar-refractivity contribution in [2.24, 2.45) is 5.10 Å². The fourth-order valence-electron chi connectivity index (χ4n) is 2.16. The fraction of sp³-hybridized carbons (Fsp3) is 0.111. The molecule has 1 aromatic heterocycles. The lowest BCUT2D eigenvalue weighted by Gasteiger charge is -2.01. The second-order valence-corrected chi connectivity index (χ2v) is 5.50. The smallest absolute Gasteiger partial charge is 0.320 e. The van der Waals surface area contributed by atoms with Crippen LogP contribution in [0.3, 0.4) is 0 Å². The van der Waals surface area contributed by atoms with Gasteiger partial charge in [-0.15, -0.1) is 9.89 Å². The molecule has 0 saturated carbocycles. The number of nitrogens with one attached hydrogen (secondary N) is 2. The minimum atomic E-state index is -0.603. The zero-order chi connectivity index (χ0) is 17.6. The molecule has 0 saturated heterocycles. The van der Waals surface area contributed by atoms with Crippen LogP contribution in [-0.4, -0.2) is 27.2 Å². The largest absolute Gasteiger partial charge is 0.346 e. The molecular formula is C18H17N5O2. The van der Waals surface area contributed by atoms with Crippen molar-refractivity contribution in [3.05, 3.63) is 87.3 Å². The Morgan fingerprint density at radius 1 is 1.20 bits per heavy atom. The van der Waals surface area contributed by atoms with Crippen molar-refractivity contribution in [3.63, 3.8) is 0 Å². The number of aromatic nitrogens is 3. The average Bonchev–Trinajstić information content (AvgIpc) is 3.01. The molecular weight excluding hydrogens is 318 g/mol. The number of hydrogen-bond donors (Lipinski definition) is 2. The third-order valence-electron chi connectivity index (χ3n) is 3.56. The van der Waals surface area contributed by atoms with E-state index in [1.807, 2.05) is 61.5 Å². The third kappa shape index (κ3) is 4.08. The maximum Gasteiger partial charge on any atom is 0.320 e.